The zero-order valence-electron chi connectivity index (χ0n) is 13.0. The van der Waals surface area contributed by atoms with Crippen LogP contribution in [-0.2, 0) is 16.1 Å². The molecule has 3 rings (SSSR count). The third-order valence-electron chi connectivity index (χ3n) is 4.35. The molecule has 1 aromatic rings. The van der Waals surface area contributed by atoms with E-state index >= 15 is 0 Å². The molecule has 1 amide bonds. The highest BCUT2D eigenvalue weighted by Crippen LogP contribution is 2.20. The fourth-order valence-electron chi connectivity index (χ4n) is 3.09. The van der Waals surface area contributed by atoms with Crippen LogP contribution in [-0.4, -0.2) is 52.4 Å². The van der Waals surface area contributed by atoms with Crippen LogP contribution < -0.4 is 5.32 Å². The third kappa shape index (κ3) is 3.11. The number of hydrogen-bond donors (Lipinski definition) is 1. The molecule has 116 valence electrons. The number of hydrogen-bond acceptors (Lipinski definition) is 4. The Morgan fingerprint density at radius 1 is 1.52 bits per heavy atom. The molecule has 2 aliphatic heterocycles. The Morgan fingerprint density at radius 3 is 3.05 bits per heavy atom. The maximum absolute atomic E-state index is 11.4. The Balaban J connectivity index is 1.64. The summed E-state index contributed by atoms with van der Waals surface area (Å²) in [4.78, 5) is 13.8. The van der Waals surface area contributed by atoms with Crippen molar-refractivity contribution in [1.29, 1.82) is 0 Å². The lowest BCUT2D eigenvalue weighted by Crippen LogP contribution is -2.60. The highest BCUT2D eigenvalue weighted by atomic mass is 16.5. The van der Waals surface area contributed by atoms with Crippen molar-refractivity contribution in [2.75, 3.05) is 19.7 Å². The van der Waals surface area contributed by atoms with Crippen LogP contribution in [0.25, 0.3) is 0 Å². The summed E-state index contributed by atoms with van der Waals surface area (Å²) >= 11 is 0. The van der Waals surface area contributed by atoms with Gasteiger partial charge in [-0.3, -0.25) is 14.4 Å². The van der Waals surface area contributed by atoms with Gasteiger partial charge in [0, 0.05) is 37.4 Å². The van der Waals surface area contributed by atoms with Gasteiger partial charge in [0.05, 0.1) is 17.8 Å². The Labute approximate surface area is 125 Å². The predicted octanol–water partition coefficient (Wildman–Crippen LogP) is 0.862. The lowest BCUT2D eigenvalue weighted by Gasteiger charge is -2.41. The smallest absolute Gasteiger partial charge is 0.246 e. The Kier molecular flexibility index (Phi) is 3.99. The topological polar surface area (TPSA) is 59.4 Å². The van der Waals surface area contributed by atoms with Gasteiger partial charge in [-0.15, -0.1) is 0 Å². The first-order chi connectivity index (χ1) is 10.0. The minimum atomic E-state index is 0.00177. The average Bonchev–Trinajstić information content (AvgIpc) is 2.80. The van der Waals surface area contributed by atoms with Crippen molar-refractivity contribution in [1.82, 2.24) is 20.0 Å². The van der Waals surface area contributed by atoms with Gasteiger partial charge in [0.1, 0.15) is 6.61 Å². The van der Waals surface area contributed by atoms with Crippen molar-refractivity contribution in [3.63, 3.8) is 0 Å². The summed E-state index contributed by atoms with van der Waals surface area (Å²) < 4.78 is 7.61. The van der Waals surface area contributed by atoms with Gasteiger partial charge in [-0.2, -0.15) is 5.10 Å². The van der Waals surface area contributed by atoms with Gasteiger partial charge in [0.15, 0.2) is 0 Å². The summed E-state index contributed by atoms with van der Waals surface area (Å²) in [6, 6.07) is 0.509. The molecule has 2 atom stereocenters. The van der Waals surface area contributed by atoms with Gasteiger partial charge in [-0.05, 0) is 27.2 Å². The number of piperidine rings is 1. The van der Waals surface area contributed by atoms with Crippen molar-refractivity contribution in [2.45, 2.75) is 51.9 Å². The number of amides is 1. The van der Waals surface area contributed by atoms with E-state index in [1.807, 2.05) is 4.68 Å². The number of aromatic nitrogens is 2. The number of likely N-dealkylation sites (tertiary alicyclic amines) is 1. The van der Waals surface area contributed by atoms with Crippen LogP contribution in [0.4, 0.5) is 0 Å². The molecule has 0 bridgehead atoms. The Bertz CT molecular complexity index is 526. The van der Waals surface area contributed by atoms with Crippen molar-refractivity contribution < 1.29 is 9.53 Å². The minimum Gasteiger partial charge on any atom is -0.366 e. The molecule has 21 heavy (non-hydrogen) atoms. The van der Waals surface area contributed by atoms with E-state index in [4.69, 9.17) is 4.74 Å². The van der Waals surface area contributed by atoms with Gasteiger partial charge in [-0.1, -0.05) is 0 Å². The zero-order chi connectivity index (χ0) is 15.0. The zero-order valence-corrected chi connectivity index (χ0v) is 13.0. The lowest BCUT2D eigenvalue weighted by atomic mass is 10.00. The summed E-state index contributed by atoms with van der Waals surface area (Å²) in [5.74, 6) is 0.00177. The molecule has 1 N–H and O–H groups in total. The summed E-state index contributed by atoms with van der Waals surface area (Å²) in [6.07, 6.45) is 3.29. The lowest BCUT2D eigenvalue weighted by molar-refractivity contribution is -0.140. The van der Waals surface area contributed by atoms with E-state index in [9.17, 15) is 4.79 Å². The number of nitrogens with zero attached hydrogens (tertiary/aromatic N) is 3. The number of rotatable bonds is 3. The van der Waals surface area contributed by atoms with E-state index in [-0.39, 0.29) is 24.7 Å². The minimum absolute atomic E-state index is 0.00177. The summed E-state index contributed by atoms with van der Waals surface area (Å²) in [7, 11) is 0. The first-order valence-electron chi connectivity index (χ1n) is 7.71. The van der Waals surface area contributed by atoms with E-state index in [0.29, 0.717) is 6.04 Å². The molecule has 0 spiro atoms. The molecule has 6 nitrogen and oxygen atoms in total. The molecule has 3 heterocycles. The van der Waals surface area contributed by atoms with E-state index in [1.165, 1.54) is 5.56 Å². The second-order valence-corrected chi connectivity index (χ2v) is 6.36. The number of carbonyl (C=O) groups excluding carboxylic acids is 1. The van der Waals surface area contributed by atoms with Gasteiger partial charge >= 0.3 is 0 Å². The Hall–Kier alpha value is -1.40. The molecule has 0 radical (unpaired) electrons. The van der Waals surface area contributed by atoms with Crippen molar-refractivity contribution in [3.8, 4) is 0 Å². The van der Waals surface area contributed by atoms with Crippen LogP contribution in [0.15, 0.2) is 6.20 Å². The van der Waals surface area contributed by atoms with E-state index in [1.54, 1.807) is 0 Å². The molecule has 6 heteroatoms. The number of carbonyl (C=O) groups is 1. The van der Waals surface area contributed by atoms with E-state index in [2.05, 4.69) is 42.3 Å². The Morgan fingerprint density at radius 2 is 2.33 bits per heavy atom. The molecule has 2 unspecified atom stereocenters. The first-order valence-corrected chi connectivity index (χ1v) is 7.71. The molecular weight excluding hydrogens is 268 g/mol. The SMILES string of the molecule is Cc1nn(C(C)C)cc1CN1CCC2OCC(=O)NC2C1. The largest absolute Gasteiger partial charge is 0.366 e. The second-order valence-electron chi connectivity index (χ2n) is 6.36. The van der Waals surface area contributed by atoms with Crippen LogP contribution in [0.2, 0.25) is 0 Å². The van der Waals surface area contributed by atoms with Crippen LogP contribution in [0.3, 0.4) is 0 Å². The van der Waals surface area contributed by atoms with Gasteiger partial charge in [0.25, 0.3) is 0 Å². The van der Waals surface area contributed by atoms with E-state index < -0.39 is 0 Å². The standard InChI is InChI=1S/C15H24N4O2/c1-10(2)19-7-12(11(3)17-19)6-18-5-4-14-13(8-18)16-15(20)9-21-14/h7,10,13-14H,4-6,8-9H2,1-3H3,(H,16,20). The predicted molar refractivity (Wildman–Crippen MR) is 78.9 cm³/mol. The number of nitrogens with one attached hydrogen (secondary N) is 1. The quantitative estimate of drug-likeness (QED) is 0.898. The van der Waals surface area contributed by atoms with Crippen LogP contribution in [0, 0.1) is 6.92 Å². The molecule has 2 aliphatic rings. The van der Waals surface area contributed by atoms with E-state index in [0.717, 1.165) is 31.7 Å². The summed E-state index contributed by atoms with van der Waals surface area (Å²) in [6.45, 7) is 9.28. The van der Waals surface area contributed by atoms with Gasteiger partial charge < -0.3 is 10.1 Å². The summed E-state index contributed by atoms with van der Waals surface area (Å²) in [5, 5.41) is 7.61. The molecule has 0 aliphatic carbocycles. The van der Waals surface area contributed by atoms with Crippen molar-refractivity contribution >= 4 is 5.91 Å². The van der Waals surface area contributed by atoms with Crippen molar-refractivity contribution in [3.05, 3.63) is 17.5 Å². The fraction of sp³-hybridized carbons (Fsp3) is 0.733. The number of fused-ring (bicyclic) bond motifs is 1. The van der Waals surface area contributed by atoms with Crippen LogP contribution in [0.1, 0.15) is 37.6 Å². The molecule has 0 saturated carbocycles. The highest BCUT2D eigenvalue weighted by molar-refractivity contribution is 5.78. The summed E-state index contributed by atoms with van der Waals surface area (Å²) in [5.41, 5.74) is 2.36. The molecule has 2 fully saturated rings. The maximum Gasteiger partial charge on any atom is 0.246 e. The molecule has 0 aromatic carbocycles. The first kappa shape index (κ1) is 14.5. The van der Waals surface area contributed by atoms with Gasteiger partial charge in [-0.25, -0.2) is 0 Å². The van der Waals surface area contributed by atoms with Gasteiger partial charge in [0.2, 0.25) is 5.91 Å². The molecule has 2 saturated heterocycles. The number of morpholine rings is 1. The third-order valence-corrected chi connectivity index (χ3v) is 4.35. The second kappa shape index (κ2) is 5.77. The number of aryl methyl sites for hydroxylation is 1. The normalized spacial score (nSPS) is 26.8. The highest BCUT2D eigenvalue weighted by Gasteiger charge is 2.34. The van der Waals surface area contributed by atoms with Crippen LogP contribution in [0.5, 0.6) is 0 Å². The molecule has 1 aromatic heterocycles. The van der Waals surface area contributed by atoms with Crippen molar-refractivity contribution in [2.24, 2.45) is 0 Å². The number of ether oxygens (including phenoxy) is 1. The monoisotopic (exact) mass is 292 g/mol. The molecular formula is C15H24N4O2. The fourth-order valence-corrected chi connectivity index (χ4v) is 3.09. The maximum atomic E-state index is 11.4. The van der Waals surface area contributed by atoms with Crippen LogP contribution >= 0.6 is 0 Å². The average molecular weight is 292 g/mol.